The van der Waals surface area contributed by atoms with E-state index in [4.69, 9.17) is 9.47 Å². The maximum atomic E-state index is 12.0. The van der Waals surface area contributed by atoms with E-state index in [-0.39, 0.29) is 17.5 Å². The molecule has 0 aromatic heterocycles. The van der Waals surface area contributed by atoms with E-state index in [0.29, 0.717) is 16.9 Å². The van der Waals surface area contributed by atoms with Crippen LogP contribution in [-0.2, 0) is 4.79 Å². The van der Waals surface area contributed by atoms with Gasteiger partial charge in [-0.2, -0.15) is 0 Å². The van der Waals surface area contributed by atoms with E-state index in [1.54, 1.807) is 24.3 Å². The molecule has 0 aliphatic heterocycles. The molecule has 0 aliphatic rings. The molecule has 9 nitrogen and oxygen atoms in total. The number of hydrogen-bond donors (Lipinski definition) is 2. The highest BCUT2D eigenvalue weighted by atomic mass is 16.6. The van der Waals surface area contributed by atoms with Crippen LogP contribution in [0.1, 0.15) is 20.3 Å². The summed E-state index contributed by atoms with van der Waals surface area (Å²) in [5.41, 5.74) is 0.985. The van der Waals surface area contributed by atoms with Crippen molar-refractivity contribution in [2.75, 3.05) is 13.7 Å². The highest BCUT2D eigenvalue weighted by molar-refractivity contribution is 5.95. The number of non-ortho nitro benzene ring substituents is 1. The van der Waals surface area contributed by atoms with Crippen LogP contribution in [0.3, 0.4) is 0 Å². The minimum Gasteiger partial charge on any atom is -0.497 e. The van der Waals surface area contributed by atoms with Gasteiger partial charge < -0.3 is 14.8 Å². The summed E-state index contributed by atoms with van der Waals surface area (Å²) >= 11 is 0. The van der Waals surface area contributed by atoms with Crippen molar-refractivity contribution < 1.29 is 24.0 Å². The van der Waals surface area contributed by atoms with Crippen LogP contribution >= 0.6 is 0 Å². The van der Waals surface area contributed by atoms with Crippen molar-refractivity contribution in [3.8, 4) is 22.6 Å². The molecule has 0 saturated carbocycles. The fraction of sp³-hybridized carbons (Fsp3) is 0.300. The van der Waals surface area contributed by atoms with E-state index >= 15 is 0 Å². The van der Waals surface area contributed by atoms with Gasteiger partial charge in [-0.15, -0.1) is 0 Å². The Morgan fingerprint density at radius 3 is 2.45 bits per heavy atom. The molecule has 0 heterocycles. The standard InChI is InChI=1S/C20H23N3O6/c1-4-13(2)21-20(25)22-19(24)12-29-18-10-7-15(23(26)27)11-17(18)14-5-8-16(28-3)9-6-14/h5-11,13H,4,12H2,1-3H3,(H2,21,22,24,25)/t13-/m0/s1. The summed E-state index contributed by atoms with van der Waals surface area (Å²) in [6.07, 6.45) is 0.728. The normalized spacial score (nSPS) is 11.3. The van der Waals surface area contributed by atoms with E-state index in [1.165, 1.54) is 25.3 Å². The zero-order valence-corrected chi connectivity index (χ0v) is 16.4. The molecule has 0 fully saturated rings. The number of nitro benzene ring substituents is 1. The lowest BCUT2D eigenvalue weighted by atomic mass is 10.0. The maximum absolute atomic E-state index is 12.0. The highest BCUT2D eigenvalue weighted by Crippen LogP contribution is 2.34. The zero-order valence-electron chi connectivity index (χ0n) is 16.4. The fourth-order valence-electron chi connectivity index (χ4n) is 2.42. The predicted molar refractivity (Wildman–Crippen MR) is 107 cm³/mol. The Kier molecular flexibility index (Phi) is 7.53. The number of benzene rings is 2. The number of nitrogens with one attached hydrogen (secondary N) is 2. The molecule has 2 N–H and O–H groups in total. The monoisotopic (exact) mass is 401 g/mol. The van der Waals surface area contributed by atoms with Crippen LogP contribution in [0.5, 0.6) is 11.5 Å². The molecular weight excluding hydrogens is 378 g/mol. The minimum absolute atomic E-state index is 0.0694. The van der Waals surface area contributed by atoms with Crippen LogP contribution in [0, 0.1) is 10.1 Å². The van der Waals surface area contributed by atoms with Gasteiger partial charge in [-0.05, 0) is 37.1 Å². The third-order valence-electron chi connectivity index (χ3n) is 4.18. The Hall–Kier alpha value is -3.62. The van der Waals surface area contributed by atoms with Crippen LogP contribution in [0.2, 0.25) is 0 Å². The smallest absolute Gasteiger partial charge is 0.321 e. The minimum atomic E-state index is -0.634. The van der Waals surface area contributed by atoms with E-state index in [9.17, 15) is 19.7 Å². The molecular formula is C20H23N3O6. The Morgan fingerprint density at radius 2 is 1.86 bits per heavy atom. The van der Waals surface area contributed by atoms with Crippen molar-refractivity contribution in [3.63, 3.8) is 0 Å². The van der Waals surface area contributed by atoms with E-state index in [2.05, 4.69) is 10.6 Å². The molecule has 9 heteroatoms. The number of ether oxygens (including phenoxy) is 2. The first kappa shape index (κ1) is 21.7. The van der Waals surface area contributed by atoms with Gasteiger partial charge in [0.15, 0.2) is 6.61 Å². The molecule has 154 valence electrons. The zero-order chi connectivity index (χ0) is 21.4. The molecule has 3 amide bonds. The Morgan fingerprint density at radius 1 is 1.17 bits per heavy atom. The third-order valence-corrected chi connectivity index (χ3v) is 4.18. The number of methoxy groups -OCH3 is 1. The van der Waals surface area contributed by atoms with Crippen LogP contribution in [0.4, 0.5) is 10.5 Å². The lowest BCUT2D eigenvalue weighted by molar-refractivity contribution is -0.384. The Balaban J connectivity index is 2.16. The molecule has 0 unspecified atom stereocenters. The van der Waals surface area contributed by atoms with Crippen molar-refractivity contribution in [2.24, 2.45) is 0 Å². The summed E-state index contributed by atoms with van der Waals surface area (Å²) in [5.74, 6) is 0.274. The number of carbonyl (C=O) groups is 2. The number of imide groups is 1. The number of hydrogen-bond acceptors (Lipinski definition) is 6. The van der Waals surface area contributed by atoms with E-state index in [0.717, 1.165) is 6.42 Å². The van der Waals surface area contributed by atoms with Gasteiger partial charge in [-0.1, -0.05) is 19.1 Å². The molecule has 2 aromatic carbocycles. The van der Waals surface area contributed by atoms with Gasteiger partial charge in [0.1, 0.15) is 11.5 Å². The quantitative estimate of drug-likeness (QED) is 0.517. The Labute approximate surface area is 168 Å². The summed E-state index contributed by atoms with van der Waals surface area (Å²) in [5, 5.41) is 15.9. The molecule has 0 aliphatic carbocycles. The molecule has 1 atom stereocenters. The summed E-state index contributed by atoms with van der Waals surface area (Å²) in [6, 6.07) is 10.3. The lowest BCUT2D eigenvalue weighted by Crippen LogP contribution is -2.44. The van der Waals surface area contributed by atoms with Gasteiger partial charge in [0, 0.05) is 23.7 Å². The van der Waals surface area contributed by atoms with Gasteiger partial charge in [0.2, 0.25) is 0 Å². The molecule has 0 spiro atoms. The van der Waals surface area contributed by atoms with Gasteiger partial charge in [-0.25, -0.2) is 4.79 Å². The summed E-state index contributed by atoms with van der Waals surface area (Å²) in [7, 11) is 1.53. The second kappa shape index (κ2) is 10.1. The number of carbonyl (C=O) groups excluding carboxylic acids is 2. The maximum Gasteiger partial charge on any atom is 0.321 e. The van der Waals surface area contributed by atoms with Crippen molar-refractivity contribution >= 4 is 17.6 Å². The molecule has 29 heavy (non-hydrogen) atoms. The lowest BCUT2D eigenvalue weighted by Gasteiger charge is -2.14. The van der Waals surface area contributed by atoms with Crippen molar-refractivity contribution in [1.82, 2.24) is 10.6 Å². The third kappa shape index (κ3) is 6.20. The van der Waals surface area contributed by atoms with E-state index < -0.39 is 23.5 Å². The summed E-state index contributed by atoms with van der Waals surface area (Å²) in [4.78, 5) is 34.3. The molecule has 2 aromatic rings. The van der Waals surface area contributed by atoms with Crippen molar-refractivity contribution in [3.05, 3.63) is 52.6 Å². The number of urea groups is 1. The van der Waals surface area contributed by atoms with Crippen LogP contribution in [0.15, 0.2) is 42.5 Å². The summed E-state index contributed by atoms with van der Waals surface area (Å²) in [6.45, 7) is 3.30. The highest BCUT2D eigenvalue weighted by Gasteiger charge is 2.16. The Bertz CT molecular complexity index is 882. The number of nitro groups is 1. The average molecular weight is 401 g/mol. The van der Waals surface area contributed by atoms with E-state index in [1.807, 2.05) is 13.8 Å². The SMILES string of the molecule is CC[C@H](C)NC(=O)NC(=O)COc1ccc([N+](=O)[O-])cc1-c1ccc(OC)cc1. The van der Waals surface area contributed by atoms with Gasteiger partial charge in [-0.3, -0.25) is 20.2 Å². The number of nitrogens with zero attached hydrogens (tertiary/aromatic N) is 1. The second-order valence-corrected chi connectivity index (χ2v) is 6.29. The van der Waals surface area contributed by atoms with Crippen LogP contribution in [-0.4, -0.2) is 36.6 Å². The second-order valence-electron chi connectivity index (χ2n) is 6.29. The topological polar surface area (TPSA) is 120 Å². The molecule has 0 radical (unpaired) electrons. The first-order chi connectivity index (χ1) is 13.8. The fourth-order valence-corrected chi connectivity index (χ4v) is 2.42. The first-order valence-corrected chi connectivity index (χ1v) is 9.00. The van der Waals surface area contributed by atoms with Crippen molar-refractivity contribution in [1.29, 1.82) is 0 Å². The van der Waals surface area contributed by atoms with Gasteiger partial charge in [0.25, 0.3) is 11.6 Å². The summed E-state index contributed by atoms with van der Waals surface area (Å²) < 4.78 is 10.6. The molecule has 0 saturated heterocycles. The molecule has 2 rings (SSSR count). The predicted octanol–water partition coefficient (Wildman–Crippen LogP) is 3.27. The average Bonchev–Trinajstić information content (AvgIpc) is 2.71. The van der Waals surface area contributed by atoms with Gasteiger partial charge >= 0.3 is 6.03 Å². The largest absolute Gasteiger partial charge is 0.497 e. The van der Waals surface area contributed by atoms with Crippen molar-refractivity contribution in [2.45, 2.75) is 26.3 Å². The number of rotatable bonds is 8. The number of amides is 3. The van der Waals surface area contributed by atoms with Crippen LogP contribution in [0.25, 0.3) is 11.1 Å². The van der Waals surface area contributed by atoms with Crippen LogP contribution < -0.4 is 20.1 Å². The first-order valence-electron chi connectivity index (χ1n) is 9.00. The van der Waals surface area contributed by atoms with Gasteiger partial charge in [0.05, 0.1) is 12.0 Å². The molecule has 0 bridgehead atoms.